The van der Waals surface area contributed by atoms with Crippen molar-refractivity contribution in [1.82, 2.24) is 20.2 Å². The van der Waals surface area contributed by atoms with Gasteiger partial charge in [0.25, 0.3) is 0 Å². The number of hydrogen-bond acceptors (Lipinski definition) is 3. The van der Waals surface area contributed by atoms with Crippen LogP contribution in [0.4, 0.5) is 0 Å². The number of nitrogens with one attached hydrogen (secondary N) is 2. The SMILES string of the molecule is CC1CCN(CCCNCc2cnc[nH]2)CC1. The van der Waals surface area contributed by atoms with E-state index < -0.39 is 0 Å². The predicted molar refractivity (Wildman–Crippen MR) is 69.7 cm³/mol. The molecule has 0 amide bonds. The molecular formula is C13H24N4. The second kappa shape index (κ2) is 6.77. The Morgan fingerprint density at radius 1 is 1.47 bits per heavy atom. The second-order valence-corrected chi connectivity index (χ2v) is 5.13. The van der Waals surface area contributed by atoms with E-state index >= 15 is 0 Å². The summed E-state index contributed by atoms with van der Waals surface area (Å²) < 4.78 is 0. The molecule has 0 aliphatic carbocycles. The summed E-state index contributed by atoms with van der Waals surface area (Å²) >= 11 is 0. The topological polar surface area (TPSA) is 44.0 Å². The van der Waals surface area contributed by atoms with Gasteiger partial charge in [0, 0.05) is 18.4 Å². The van der Waals surface area contributed by atoms with Gasteiger partial charge < -0.3 is 15.2 Å². The summed E-state index contributed by atoms with van der Waals surface area (Å²) in [4.78, 5) is 9.69. The average molecular weight is 236 g/mol. The smallest absolute Gasteiger partial charge is 0.0922 e. The van der Waals surface area contributed by atoms with E-state index in [9.17, 15) is 0 Å². The van der Waals surface area contributed by atoms with Crippen LogP contribution in [0.3, 0.4) is 0 Å². The number of imidazole rings is 1. The van der Waals surface area contributed by atoms with Crippen LogP contribution < -0.4 is 5.32 Å². The van der Waals surface area contributed by atoms with Gasteiger partial charge in [-0.2, -0.15) is 0 Å². The Balaban J connectivity index is 1.49. The second-order valence-electron chi connectivity index (χ2n) is 5.13. The van der Waals surface area contributed by atoms with E-state index in [4.69, 9.17) is 0 Å². The van der Waals surface area contributed by atoms with E-state index in [1.165, 1.54) is 38.9 Å². The van der Waals surface area contributed by atoms with Gasteiger partial charge in [-0.25, -0.2) is 4.98 Å². The Kier molecular flexibility index (Phi) is 5.01. The number of likely N-dealkylation sites (tertiary alicyclic amines) is 1. The van der Waals surface area contributed by atoms with E-state index in [2.05, 4.69) is 27.1 Å². The molecule has 0 aromatic carbocycles. The van der Waals surface area contributed by atoms with Gasteiger partial charge in [0.05, 0.1) is 6.33 Å². The number of nitrogens with zero attached hydrogens (tertiary/aromatic N) is 2. The highest BCUT2D eigenvalue weighted by molar-refractivity contribution is 4.92. The number of hydrogen-bond donors (Lipinski definition) is 2. The van der Waals surface area contributed by atoms with Crippen molar-refractivity contribution in [2.45, 2.75) is 32.7 Å². The van der Waals surface area contributed by atoms with Gasteiger partial charge >= 0.3 is 0 Å². The molecule has 0 atom stereocenters. The predicted octanol–water partition coefficient (Wildman–Crippen LogP) is 1.62. The molecule has 1 fully saturated rings. The zero-order chi connectivity index (χ0) is 11.9. The van der Waals surface area contributed by atoms with Gasteiger partial charge in [0.1, 0.15) is 0 Å². The molecule has 2 N–H and O–H groups in total. The first-order valence-electron chi connectivity index (χ1n) is 6.75. The lowest BCUT2D eigenvalue weighted by Crippen LogP contribution is -2.34. The van der Waals surface area contributed by atoms with Crippen LogP contribution in [0.25, 0.3) is 0 Å². The Bertz CT molecular complexity index is 288. The van der Waals surface area contributed by atoms with Crippen LogP contribution in [0.15, 0.2) is 12.5 Å². The Labute approximate surface area is 104 Å². The average Bonchev–Trinajstić information content (AvgIpc) is 2.84. The van der Waals surface area contributed by atoms with E-state index in [0.29, 0.717) is 0 Å². The minimum absolute atomic E-state index is 0.900. The van der Waals surface area contributed by atoms with Crippen LogP contribution in [-0.2, 0) is 6.54 Å². The third kappa shape index (κ3) is 4.48. The molecule has 0 spiro atoms. The van der Waals surface area contributed by atoms with E-state index in [1.807, 2.05) is 6.20 Å². The summed E-state index contributed by atoms with van der Waals surface area (Å²) in [6.45, 7) is 8.18. The van der Waals surface area contributed by atoms with Gasteiger partial charge in [-0.3, -0.25) is 0 Å². The van der Waals surface area contributed by atoms with Gasteiger partial charge in [0.2, 0.25) is 0 Å². The monoisotopic (exact) mass is 236 g/mol. The zero-order valence-electron chi connectivity index (χ0n) is 10.8. The first-order chi connectivity index (χ1) is 8.34. The Morgan fingerprint density at radius 2 is 2.29 bits per heavy atom. The van der Waals surface area contributed by atoms with E-state index in [-0.39, 0.29) is 0 Å². The van der Waals surface area contributed by atoms with Gasteiger partial charge in [0.15, 0.2) is 0 Å². The molecule has 1 saturated heterocycles. The third-order valence-corrected chi connectivity index (χ3v) is 3.57. The van der Waals surface area contributed by atoms with E-state index in [0.717, 1.165) is 24.7 Å². The molecule has 0 saturated carbocycles. The zero-order valence-corrected chi connectivity index (χ0v) is 10.8. The molecule has 4 heteroatoms. The normalized spacial score (nSPS) is 18.6. The largest absolute Gasteiger partial charge is 0.347 e. The van der Waals surface area contributed by atoms with Gasteiger partial charge in [-0.15, -0.1) is 0 Å². The molecule has 17 heavy (non-hydrogen) atoms. The lowest BCUT2D eigenvalue weighted by atomic mass is 9.99. The fourth-order valence-corrected chi connectivity index (χ4v) is 2.32. The van der Waals surface area contributed by atoms with Crippen LogP contribution in [0, 0.1) is 5.92 Å². The van der Waals surface area contributed by atoms with Gasteiger partial charge in [-0.05, 0) is 51.4 Å². The maximum atomic E-state index is 4.00. The van der Waals surface area contributed by atoms with Crippen molar-refractivity contribution in [2.75, 3.05) is 26.2 Å². The first kappa shape index (κ1) is 12.6. The van der Waals surface area contributed by atoms with Crippen molar-refractivity contribution in [3.05, 3.63) is 18.2 Å². The number of aromatic amines is 1. The van der Waals surface area contributed by atoms with Crippen LogP contribution in [0.2, 0.25) is 0 Å². The van der Waals surface area contributed by atoms with Crippen molar-refractivity contribution in [1.29, 1.82) is 0 Å². The summed E-state index contributed by atoms with van der Waals surface area (Å²) in [6, 6.07) is 0. The maximum Gasteiger partial charge on any atom is 0.0922 e. The molecule has 0 bridgehead atoms. The van der Waals surface area contributed by atoms with Crippen LogP contribution in [0.5, 0.6) is 0 Å². The maximum absolute atomic E-state index is 4.00. The minimum atomic E-state index is 0.900. The fraction of sp³-hybridized carbons (Fsp3) is 0.769. The van der Waals surface area contributed by atoms with Crippen molar-refractivity contribution in [3.8, 4) is 0 Å². The molecule has 2 heterocycles. The summed E-state index contributed by atoms with van der Waals surface area (Å²) in [5.74, 6) is 0.935. The standard InChI is InChI=1S/C13H24N4/c1-12-3-7-17(8-4-12)6-2-5-14-9-13-10-15-11-16-13/h10-12,14H,2-9H2,1H3,(H,15,16). The summed E-state index contributed by atoms with van der Waals surface area (Å²) in [5.41, 5.74) is 1.16. The quantitative estimate of drug-likeness (QED) is 0.738. The molecule has 1 aliphatic rings. The fourth-order valence-electron chi connectivity index (χ4n) is 2.32. The van der Waals surface area contributed by atoms with Crippen LogP contribution in [0.1, 0.15) is 31.9 Å². The molecular weight excluding hydrogens is 212 g/mol. The molecule has 0 radical (unpaired) electrons. The minimum Gasteiger partial charge on any atom is -0.347 e. The number of rotatable bonds is 6. The number of piperidine rings is 1. The number of H-pyrrole nitrogens is 1. The lowest BCUT2D eigenvalue weighted by molar-refractivity contribution is 0.190. The Hall–Kier alpha value is -0.870. The number of aromatic nitrogens is 2. The highest BCUT2D eigenvalue weighted by atomic mass is 15.1. The van der Waals surface area contributed by atoms with E-state index in [1.54, 1.807) is 6.33 Å². The van der Waals surface area contributed by atoms with Crippen molar-refractivity contribution in [3.63, 3.8) is 0 Å². The summed E-state index contributed by atoms with van der Waals surface area (Å²) in [6.07, 6.45) is 7.59. The molecule has 0 unspecified atom stereocenters. The third-order valence-electron chi connectivity index (χ3n) is 3.57. The van der Waals surface area contributed by atoms with Crippen molar-refractivity contribution >= 4 is 0 Å². The van der Waals surface area contributed by atoms with Crippen molar-refractivity contribution in [2.24, 2.45) is 5.92 Å². The highest BCUT2D eigenvalue weighted by Crippen LogP contribution is 2.15. The highest BCUT2D eigenvalue weighted by Gasteiger charge is 2.14. The van der Waals surface area contributed by atoms with Crippen LogP contribution in [-0.4, -0.2) is 41.0 Å². The summed E-state index contributed by atoms with van der Waals surface area (Å²) in [5, 5.41) is 3.44. The molecule has 1 aromatic heterocycles. The molecule has 96 valence electrons. The molecule has 4 nitrogen and oxygen atoms in total. The van der Waals surface area contributed by atoms with Crippen LogP contribution >= 0.6 is 0 Å². The van der Waals surface area contributed by atoms with Gasteiger partial charge in [-0.1, -0.05) is 6.92 Å². The first-order valence-corrected chi connectivity index (χ1v) is 6.75. The Morgan fingerprint density at radius 3 is 3.00 bits per heavy atom. The summed E-state index contributed by atoms with van der Waals surface area (Å²) in [7, 11) is 0. The lowest BCUT2D eigenvalue weighted by Gasteiger charge is -2.30. The molecule has 1 aromatic rings. The molecule has 1 aliphatic heterocycles. The van der Waals surface area contributed by atoms with Crippen molar-refractivity contribution < 1.29 is 0 Å². The molecule has 2 rings (SSSR count).